The minimum Gasteiger partial charge on any atom is -0.498 e. The van der Waals surface area contributed by atoms with Gasteiger partial charge < -0.3 is 20.1 Å². The van der Waals surface area contributed by atoms with Crippen molar-refractivity contribution in [1.82, 2.24) is 10.2 Å². The summed E-state index contributed by atoms with van der Waals surface area (Å²) >= 11 is 0. The van der Waals surface area contributed by atoms with Crippen LogP contribution >= 0.6 is 0 Å². The third-order valence-corrected chi connectivity index (χ3v) is 6.06. The van der Waals surface area contributed by atoms with Gasteiger partial charge in [-0.05, 0) is 57.5 Å². The van der Waals surface area contributed by atoms with E-state index in [4.69, 9.17) is 0 Å². The Labute approximate surface area is 163 Å². The topological polar surface area (TPSA) is 72.5 Å². The van der Waals surface area contributed by atoms with Gasteiger partial charge in [0.2, 0.25) is 5.91 Å². The second-order valence-electron chi connectivity index (χ2n) is 8.48. The van der Waals surface area contributed by atoms with Crippen molar-refractivity contribution in [2.75, 3.05) is 39.3 Å². The summed E-state index contributed by atoms with van der Waals surface area (Å²) in [5.41, 5.74) is 0. The summed E-state index contributed by atoms with van der Waals surface area (Å²) in [6, 6.07) is 0.401. The fourth-order valence-electron chi connectivity index (χ4n) is 4.26. The van der Waals surface area contributed by atoms with E-state index in [0.29, 0.717) is 31.6 Å². The van der Waals surface area contributed by atoms with Crippen molar-refractivity contribution in [3.8, 4) is 11.8 Å². The SMILES string of the molecule is CC#CC[N+]1(C(=O)[O-])CCCC(N2CCC(C(=O)NCC(C)C)CC2)CC1. The zero-order chi connectivity index (χ0) is 19.9. The van der Waals surface area contributed by atoms with E-state index >= 15 is 0 Å². The predicted molar refractivity (Wildman–Crippen MR) is 103 cm³/mol. The predicted octanol–water partition coefficient (Wildman–Crippen LogP) is 1.21. The summed E-state index contributed by atoms with van der Waals surface area (Å²) in [6.45, 7) is 10.1. The molecule has 0 aromatic rings. The standard InChI is InChI=1S/C21H35N3O3/c1-4-5-13-24(21(26)27)14-6-7-19(10-15-24)23-11-8-18(9-12-23)20(25)22-16-17(2)3/h17-19H,6-16H2,1-3H3,(H-,22,25,26,27). The average Bonchev–Trinajstić information content (AvgIpc) is 2.88. The molecule has 1 N–H and O–H groups in total. The maximum atomic E-state index is 12.3. The minimum absolute atomic E-state index is 0.0363. The lowest BCUT2D eigenvalue weighted by atomic mass is 9.93. The van der Waals surface area contributed by atoms with Crippen molar-refractivity contribution in [3.63, 3.8) is 0 Å². The molecule has 0 aliphatic carbocycles. The Morgan fingerprint density at radius 1 is 1.19 bits per heavy atom. The zero-order valence-corrected chi connectivity index (χ0v) is 17.1. The Morgan fingerprint density at radius 2 is 1.89 bits per heavy atom. The van der Waals surface area contributed by atoms with E-state index in [2.05, 4.69) is 35.9 Å². The summed E-state index contributed by atoms with van der Waals surface area (Å²) in [5, 5.41) is 14.8. The number of nitrogens with one attached hydrogen (secondary N) is 1. The number of likely N-dealkylation sites (tertiary alicyclic amines) is 2. The largest absolute Gasteiger partial charge is 0.498 e. The molecule has 0 aromatic heterocycles. The Morgan fingerprint density at radius 3 is 2.48 bits per heavy atom. The average molecular weight is 378 g/mol. The van der Waals surface area contributed by atoms with E-state index in [0.717, 1.165) is 51.7 Å². The first-order valence-corrected chi connectivity index (χ1v) is 10.4. The quantitative estimate of drug-likeness (QED) is 0.577. The lowest BCUT2D eigenvalue weighted by Crippen LogP contribution is -2.59. The molecule has 0 bridgehead atoms. The minimum atomic E-state index is -1.00. The Bertz CT molecular complexity index is 573. The lowest BCUT2D eigenvalue weighted by molar-refractivity contribution is -0.868. The summed E-state index contributed by atoms with van der Waals surface area (Å²) in [5.74, 6) is 6.54. The van der Waals surface area contributed by atoms with E-state index in [1.54, 1.807) is 6.92 Å². The van der Waals surface area contributed by atoms with Crippen LogP contribution in [-0.2, 0) is 4.79 Å². The highest BCUT2D eigenvalue weighted by atomic mass is 16.4. The molecule has 27 heavy (non-hydrogen) atoms. The van der Waals surface area contributed by atoms with Gasteiger partial charge in [0.1, 0.15) is 6.54 Å². The molecule has 2 unspecified atom stereocenters. The fourth-order valence-corrected chi connectivity index (χ4v) is 4.26. The third-order valence-electron chi connectivity index (χ3n) is 6.06. The third kappa shape index (κ3) is 5.95. The van der Waals surface area contributed by atoms with Gasteiger partial charge in [-0.3, -0.25) is 9.28 Å². The van der Waals surface area contributed by atoms with Gasteiger partial charge in [0.25, 0.3) is 6.09 Å². The number of rotatable bonds is 5. The van der Waals surface area contributed by atoms with Crippen LogP contribution in [0.3, 0.4) is 0 Å². The molecular weight excluding hydrogens is 342 g/mol. The van der Waals surface area contributed by atoms with Crippen LogP contribution in [0.25, 0.3) is 0 Å². The number of carboxylic acid groups (broad SMARTS) is 1. The summed E-state index contributed by atoms with van der Waals surface area (Å²) < 4.78 is -0.0363. The molecule has 0 spiro atoms. The molecule has 2 heterocycles. The maximum absolute atomic E-state index is 12.3. The molecule has 2 fully saturated rings. The number of carbonyl (C=O) groups is 2. The number of amides is 2. The van der Waals surface area contributed by atoms with Gasteiger partial charge in [-0.2, -0.15) is 0 Å². The highest BCUT2D eigenvalue weighted by Crippen LogP contribution is 2.26. The molecule has 2 aliphatic rings. The molecular formula is C21H35N3O3. The van der Waals surface area contributed by atoms with Gasteiger partial charge in [0, 0.05) is 24.9 Å². The van der Waals surface area contributed by atoms with E-state index < -0.39 is 6.09 Å². The van der Waals surface area contributed by atoms with Gasteiger partial charge in [0.15, 0.2) is 0 Å². The summed E-state index contributed by atoms with van der Waals surface area (Å²) in [7, 11) is 0. The Hall–Kier alpha value is -1.58. The van der Waals surface area contributed by atoms with Gasteiger partial charge in [0.05, 0.1) is 13.1 Å². The van der Waals surface area contributed by atoms with Crippen LogP contribution in [0.2, 0.25) is 0 Å². The van der Waals surface area contributed by atoms with Crippen LogP contribution in [0.1, 0.15) is 52.9 Å². The van der Waals surface area contributed by atoms with Crippen molar-refractivity contribution in [2.24, 2.45) is 11.8 Å². The number of carbonyl (C=O) groups excluding carboxylic acids is 2. The highest BCUT2D eigenvalue weighted by molar-refractivity contribution is 5.78. The van der Waals surface area contributed by atoms with E-state index in [1.165, 1.54) is 0 Å². The molecule has 152 valence electrons. The van der Waals surface area contributed by atoms with Gasteiger partial charge >= 0.3 is 0 Å². The highest BCUT2D eigenvalue weighted by Gasteiger charge is 2.36. The van der Waals surface area contributed by atoms with E-state index in [9.17, 15) is 14.7 Å². The van der Waals surface area contributed by atoms with Crippen LogP contribution in [0.15, 0.2) is 0 Å². The van der Waals surface area contributed by atoms with Crippen molar-refractivity contribution in [1.29, 1.82) is 0 Å². The van der Waals surface area contributed by atoms with Crippen LogP contribution in [0.4, 0.5) is 4.79 Å². The summed E-state index contributed by atoms with van der Waals surface area (Å²) in [6.07, 6.45) is 3.52. The van der Waals surface area contributed by atoms with Crippen molar-refractivity contribution < 1.29 is 19.2 Å². The summed E-state index contributed by atoms with van der Waals surface area (Å²) in [4.78, 5) is 26.5. The number of hydrogen-bond acceptors (Lipinski definition) is 4. The van der Waals surface area contributed by atoms with Crippen molar-refractivity contribution in [3.05, 3.63) is 0 Å². The van der Waals surface area contributed by atoms with E-state index in [-0.39, 0.29) is 16.3 Å². The molecule has 0 radical (unpaired) electrons. The van der Waals surface area contributed by atoms with E-state index in [1.807, 2.05) is 0 Å². The first-order chi connectivity index (χ1) is 12.9. The number of hydrogen-bond donors (Lipinski definition) is 1. The number of piperidine rings is 1. The zero-order valence-electron chi connectivity index (χ0n) is 17.1. The molecule has 2 saturated heterocycles. The van der Waals surface area contributed by atoms with Gasteiger partial charge in [-0.25, -0.2) is 0 Å². The van der Waals surface area contributed by atoms with Crippen molar-refractivity contribution in [2.45, 2.75) is 58.9 Å². The lowest BCUT2D eigenvalue weighted by Gasteiger charge is -2.38. The smallest absolute Gasteiger partial charge is 0.258 e. The first kappa shape index (κ1) is 21.7. The van der Waals surface area contributed by atoms with Gasteiger partial charge in [-0.1, -0.05) is 13.8 Å². The van der Waals surface area contributed by atoms with Crippen LogP contribution in [0, 0.1) is 23.7 Å². The number of nitrogens with zero attached hydrogens (tertiary/aromatic N) is 2. The molecule has 6 heteroatoms. The van der Waals surface area contributed by atoms with Crippen LogP contribution in [-0.4, -0.2) is 66.7 Å². The fraction of sp³-hybridized carbons (Fsp3) is 0.810. The van der Waals surface area contributed by atoms with Crippen molar-refractivity contribution >= 4 is 12.0 Å². The first-order valence-electron chi connectivity index (χ1n) is 10.4. The Balaban J connectivity index is 1.87. The second-order valence-corrected chi connectivity index (χ2v) is 8.48. The molecule has 2 atom stereocenters. The van der Waals surface area contributed by atoms with Crippen LogP contribution in [0.5, 0.6) is 0 Å². The van der Waals surface area contributed by atoms with Gasteiger partial charge in [-0.15, -0.1) is 5.92 Å². The molecule has 6 nitrogen and oxygen atoms in total. The Kier molecular flexibility index (Phi) is 8.12. The molecule has 0 aromatic carbocycles. The second kappa shape index (κ2) is 10.1. The number of quaternary nitrogens is 1. The molecule has 2 rings (SSSR count). The monoisotopic (exact) mass is 377 g/mol. The molecule has 2 amide bonds. The normalized spacial score (nSPS) is 27.5. The van der Waals surface area contributed by atoms with Crippen LogP contribution < -0.4 is 10.4 Å². The maximum Gasteiger partial charge on any atom is 0.258 e. The molecule has 2 aliphatic heterocycles. The molecule has 0 saturated carbocycles.